The Morgan fingerprint density at radius 3 is 3.00 bits per heavy atom. The molecule has 2 aromatic rings. The number of hydrogen-bond acceptors (Lipinski definition) is 4. The largest absolute Gasteiger partial charge is 0.353 e. The maximum Gasteiger partial charge on any atom is 0.141 e. The van der Waals surface area contributed by atoms with Crippen molar-refractivity contribution in [2.75, 3.05) is 11.4 Å². The van der Waals surface area contributed by atoms with Gasteiger partial charge in [0.1, 0.15) is 17.0 Å². The molecule has 0 unspecified atom stereocenters. The first kappa shape index (κ1) is 12.9. The van der Waals surface area contributed by atoms with Gasteiger partial charge in [-0.25, -0.2) is 9.97 Å². The van der Waals surface area contributed by atoms with Crippen LogP contribution in [0.3, 0.4) is 0 Å². The molecule has 1 saturated heterocycles. The molecule has 0 bridgehead atoms. The summed E-state index contributed by atoms with van der Waals surface area (Å²) in [5.74, 6) is 1.14. The number of nitrogens with zero attached hydrogens (tertiary/aromatic N) is 3. The third kappa shape index (κ3) is 2.59. The smallest absolute Gasteiger partial charge is 0.141 e. The van der Waals surface area contributed by atoms with E-state index >= 15 is 0 Å². The first-order valence-electron chi connectivity index (χ1n) is 6.99. The molecule has 0 spiro atoms. The molecular formula is C15H21N3S. The second-order valence-corrected chi connectivity index (χ2v) is 7.49. The van der Waals surface area contributed by atoms with Crippen LogP contribution >= 0.6 is 11.3 Å². The summed E-state index contributed by atoms with van der Waals surface area (Å²) in [5, 5.41) is 3.32. The predicted molar refractivity (Wildman–Crippen MR) is 81.9 cm³/mol. The van der Waals surface area contributed by atoms with E-state index in [2.05, 4.69) is 47.1 Å². The van der Waals surface area contributed by atoms with Gasteiger partial charge in [0.25, 0.3) is 0 Å². The fourth-order valence-electron chi connectivity index (χ4n) is 3.04. The highest BCUT2D eigenvalue weighted by Gasteiger charge is 2.30. The highest BCUT2D eigenvalue weighted by molar-refractivity contribution is 7.16. The van der Waals surface area contributed by atoms with Crippen molar-refractivity contribution < 1.29 is 0 Å². The first-order valence-corrected chi connectivity index (χ1v) is 7.87. The van der Waals surface area contributed by atoms with Gasteiger partial charge in [0.05, 0.1) is 5.39 Å². The molecule has 19 heavy (non-hydrogen) atoms. The third-order valence-corrected chi connectivity index (χ3v) is 4.56. The number of hydrogen-bond donors (Lipinski definition) is 0. The Balaban J connectivity index is 1.94. The van der Waals surface area contributed by atoms with Gasteiger partial charge in [-0.1, -0.05) is 20.8 Å². The normalized spacial score (nSPS) is 20.4. The zero-order chi connectivity index (χ0) is 13.5. The van der Waals surface area contributed by atoms with Gasteiger partial charge < -0.3 is 4.90 Å². The summed E-state index contributed by atoms with van der Waals surface area (Å²) in [4.78, 5) is 12.5. The summed E-state index contributed by atoms with van der Waals surface area (Å²) in [6.45, 7) is 8.10. The number of aromatic nitrogens is 2. The Labute approximate surface area is 118 Å². The lowest BCUT2D eigenvalue weighted by Crippen LogP contribution is -2.33. The molecule has 2 aromatic heterocycles. The van der Waals surface area contributed by atoms with Crippen molar-refractivity contribution in [3.8, 4) is 0 Å². The fraction of sp³-hybridized carbons (Fsp3) is 0.600. The molecule has 102 valence electrons. The number of thiophene rings is 1. The van der Waals surface area contributed by atoms with E-state index in [4.69, 9.17) is 0 Å². The average Bonchev–Trinajstić information content (AvgIpc) is 2.94. The van der Waals surface area contributed by atoms with Crippen LogP contribution in [0.15, 0.2) is 17.8 Å². The van der Waals surface area contributed by atoms with Gasteiger partial charge in [0.15, 0.2) is 0 Å². The van der Waals surface area contributed by atoms with Gasteiger partial charge in [-0.05, 0) is 36.1 Å². The zero-order valence-electron chi connectivity index (χ0n) is 11.9. The monoisotopic (exact) mass is 275 g/mol. The van der Waals surface area contributed by atoms with Crippen molar-refractivity contribution in [1.29, 1.82) is 0 Å². The Morgan fingerprint density at radius 2 is 2.21 bits per heavy atom. The maximum absolute atomic E-state index is 4.56. The van der Waals surface area contributed by atoms with Crippen LogP contribution in [0, 0.1) is 5.41 Å². The number of rotatable bonds is 2. The SMILES string of the molecule is CC(C)(C)C[C@@H]1CCCN1c1ncnc2sccc12. The Bertz CT molecular complexity index is 570. The van der Waals surface area contributed by atoms with Crippen molar-refractivity contribution in [2.45, 2.75) is 46.1 Å². The van der Waals surface area contributed by atoms with Crippen LogP contribution in [0.2, 0.25) is 0 Å². The van der Waals surface area contributed by atoms with E-state index in [1.165, 1.54) is 24.6 Å². The van der Waals surface area contributed by atoms with Crippen molar-refractivity contribution in [2.24, 2.45) is 5.41 Å². The lowest BCUT2D eigenvalue weighted by molar-refractivity contribution is 0.339. The van der Waals surface area contributed by atoms with E-state index in [9.17, 15) is 0 Å². The Kier molecular flexibility index (Phi) is 3.21. The molecule has 3 nitrogen and oxygen atoms in total. The summed E-state index contributed by atoms with van der Waals surface area (Å²) < 4.78 is 0. The summed E-state index contributed by atoms with van der Waals surface area (Å²) in [6, 6.07) is 2.78. The molecule has 0 amide bonds. The van der Waals surface area contributed by atoms with Crippen LogP contribution in [-0.2, 0) is 0 Å². The highest BCUT2D eigenvalue weighted by atomic mass is 32.1. The van der Waals surface area contributed by atoms with Crippen molar-refractivity contribution in [3.05, 3.63) is 17.8 Å². The Morgan fingerprint density at radius 1 is 1.37 bits per heavy atom. The van der Waals surface area contributed by atoms with Crippen molar-refractivity contribution in [1.82, 2.24) is 9.97 Å². The molecular weight excluding hydrogens is 254 g/mol. The van der Waals surface area contributed by atoms with Crippen LogP contribution in [0.25, 0.3) is 10.2 Å². The zero-order valence-corrected chi connectivity index (χ0v) is 12.7. The quantitative estimate of drug-likeness (QED) is 0.826. The minimum absolute atomic E-state index is 0.369. The maximum atomic E-state index is 4.56. The lowest BCUT2D eigenvalue weighted by atomic mass is 9.87. The summed E-state index contributed by atoms with van der Waals surface area (Å²) in [5.41, 5.74) is 0.369. The van der Waals surface area contributed by atoms with Gasteiger partial charge in [-0.2, -0.15) is 0 Å². The van der Waals surface area contributed by atoms with Gasteiger partial charge in [0, 0.05) is 12.6 Å². The number of fused-ring (bicyclic) bond motifs is 1. The van der Waals surface area contributed by atoms with E-state index in [0.29, 0.717) is 11.5 Å². The molecule has 1 atom stereocenters. The molecule has 4 heteroatoms. The standard InChI is InChI=1S/C15H21N3S/c1-15(2,3)9-11-5-4-7-18(11)13-12-6-8-19-14(12)17-10-16-13/h6,8,10-11H,4-5,7,9H2,1-3H3/t11-/m0/s1. The summed E-state index contributed by atoms with van der Waals surface area (Å²) >= 11 is 1.70. The molecule has 1 fully saturated rings. The topological polar surface area (TPSA) is 29.0 Å². The van der Waals surface area contributed by atoms with Gasteiger partial charge in [0.2, 0.25) is 0 Å². The molecule has 1 aliphatic heterocycles. The van der Waals surface area contributed by atoms with Gasteiger partial charge in [-0.15, -0.1) is 11.3 Å². The van der Waals surface area contributed by atoms with Crippen LogP contribution in [0.1, 0.15) is 40.0 Å². The molecule has 0 aromatic carbocycles. The van der Waals surface area contributed by atoms with Gasteiger partial charge in [-0.3, -0.25) is 0 Å². The second kappa shape index (κ2) is 4.75. The van der Waals surface area contributed by atoms with E-state index in [1.54, 1.807) is 17.7 Å². The summed E-state index contributed by atoms with van der Waals surface area (Å²) in [7, 11) is 0. The lowest BCUT2D eigenvalue weighted by Gasteiger charge is -2.31. The molecule has 3 heterocycles. The highest BCUT2D eigenvalue weighted by Crippen LogP contribution is 2.35. The first-order chi connectivity index (χ1) is 9.04. The van der Waals surface area contributed by atoms with Crippen LogP contribution in [0.5, 0.6) is 0 Å². The van der Waals surface area contributed by atoms with E-state index in [0.717, 1.165) is 17.2 Å². The number of anilines is 1. The predicted octanol–water partition coefficient (Wildman–Crippen LogP) is 4.10. The van der Waals surface area contributed by atoms with Crippen LogP contribution < -0.4 is 4.90 Å². The molecule has 0 radical (unpaired) electrons. The minimum Gasteiger partial charge on any atom is -0.353 e. The van der Waals surface area contributed by atoms with Crippen LogP contribution in [0.4, 0.5) is 5.82 Å². The van der Waals surface area contributed by atoms with E-state index in [-0.39, 0.29) is 0 Å². The van der Waals surface area contributed by atoms with E-state index < -0.39 is 0 Å². The molecule has 3 rings (SSSR count). The molecule has 0 N–H and O–H groups in total. The minimum atomic E-state index is 0.369. The Hall–Kier alpha value is -1.16. The van der Waals surface area contributed by atoms with Crippen LogP contribution in [-0.4, -0.2) is 22.6 Å². The van der Waals surface area contributed by atoms with E-state index in [1.807, 2.05) is 0 Å². The fourth-order valence-corrected chi connectivity index (χ4v) is 3.77. The second-order valence-electron chi connectivity index (χ2n) is 6.59. The van der Waals surface area contributed by atoms with Crippen molar-refractivity contribution >= 4 is 27.4 Å². The molecule has 0 aliphatic carbocycles. The summed E-state index contributed by atoms with van der Waals surface area (Å²) in [6.07, 6.45) is 5.49. The third-order valence-electron chi connectivity index (χ3n) is 3.74. The van der Waals surface area contributed by atoms with Crippen molar-refractivity contribution in [3.63, 3.8) is 0 Å². The average molecular weight is 275 g/mol. The molecule has 0 saturated carbocycles. The van der Waals surface area contributed by atoms with Gasteiger partial charge >= 0.3 is 0 Å². The molecule has 1 aliphatic rings.